The van der Waals surface area contributed by atoms with Crippen molar-refractivity contribution in [2.24, 2.45) is 22.0 Å². The van der Waals surface area contributed by atoms with Crippen LogP contribution in [-0.4, -0.2) is 26.0 Å². The van der Waals surface area contributed by atoms with Crippen LogP contribution in [-0.2, 0) is 9.47 Å². The van der Waals surface area contributed by atoms with Crippen molar-refractivity contribution >= 4 is 5.84 Å². The van der Waals surface area contributed by atoms with Crippen LogP contribution >= 0.6 is 0 Å². The summed E-state index contributed by atoms with van der Waals surface area (Å²) in [5.41, 5.74) is 3.04. The molecule has 0 unspecified atom stereocenters. The van der Waals surface area contributed by atoms with Crippen LogP contribution in [0.2, 0.25) is 0 Å². The SMILES string of the molecule is COC1(OC)[NH+]=C(N)[C@@]2(C#N)C(C)(C)[C@@]12C#N. The quantitative estimate of drug-likeness (QED) is 0.563. The molecule has 0 aromatic carbocycles. The predicted octanol–water partition coefficient (Wildman–Crippen LogP) is -1.56. The molecule has 0 spiro atoms. The molecule has 1 aliphatic carbocycles. The monoisotopic (exact) mass is 235 g/mol. The molecule has 2 rings (SSSR count). The van der Waals surface area contributed by atoms with Crippen molar-refractivity contribution in [3.05, 3.63) is 0 Å². The first-order valence-corrected chi connectivity index (χ1v) is 5.21. The van der Waals surface area contributed by atoms with Crippen LogP contribution in [0.1, 0.15) is 13.8 Å². The third-order valence-electron chi connectivity index (χ3n) is 4.48. The number of methoxy groups -OCH3 is 2. The number of nitrogens with one attached hydrogen (secondary N) is 1. The van der Waals surface area contributed by atoms with Gasteiger partial charge in [0.15, 0.2) is 10.8 Å². The van der Waals surface area contributed by atoms with E-state index in [9.17, 15) is 10.5 Å². The standard InChI is InChI=1S/C11H14N4O2/c1-8(2)9(5-12)7(14)15-11(16-3,17-4)10(8,9)6-13/h1-4H3,(H2,14,15)/p+1/t9-,10+/m0/s1. The summed E-state index contributed by atoms with van der Waals surface area (Å²) in [5, 5.41) is 19.0. The van der Waals surface area contributed by atoms with Crippen molar-refractivity contribution in [2.75, 3.05) is 14.2 Å². The lowest BCUT2D eigenvalue weighted by Crippen LogP contribution is -2.91. The minimum Gasteiger partial charge on any atom is -0.317 e. The Labute approximate surface area is 99.6 Å². The van der Waals surface area contributed by atoms with Crippen molar-refractivity contribution in [1.29, 1.82) is 10.5 Å². The highest BCUT2D eigenvalue weighted by atomic mass is 16.7. The molecule has 0 aromatic rings. The molecule has 2 aliphatic rings. The normalized spacial score (nSPS) is 39.8. The molecule has 1 aliphatic heterocycles. The van der Waals surface area contributed by atoms with Crippen LogP contribution in [0.3, 0.4) is 0 Å². The van der Waals surface area contributed by atoms with E-state index < -0.39 is 22.2 Å². The summed E-state index contributed by atoms with van der Waals surface area (Å²) in [6.07, 6.45) is 0. The van der Waals surface area contributed by atoms with E-state index in [2.05, 4.69) is 17.1 Å². The number of nitriles is 2. The number of rotatable bonds is 2. The first-order chi connectivity index (χ1) is 7.87. The maximum atomic E-state index is 9.54. The van der Waals surface area contributed by atoms with Gasteiger partial charge in [-0.3, -0.25) is 5.73 Å². The molecule has 0 saturated heterocycles. The highest BCUT2D eigenvalue weighted by Crippen LogP contribution is 2.81. The number of amidine groups is 1. The average Bonchev–Trinajstić information content (AvgIpc) is 2.65. The van der Waals surface area contributed by atoms with Gasteiger partial charge < -0.3 is 9.47 Å². The zero-order valence-electron chi connectivity index (χ0n) is 10.3. The Balaban J connectivity index is 2.76. The zero-order chi connectivity index (χ0) is 13.1. The third kappa shape index (κ3) is 0.717. The topological polar surface area (TPSA) is 106 Å². The zero-order valence-corrected chi connectivity index (χ0v) is 10.3. The summed E-state index contributed by atoms with van der Waals surface area (Å²) >= 11 is 0. The molecule has 0 amide bonds. The fourth-order valence-electron chi connectivity index (χ4n) is 3.51. The van der Waals surface area contributed by atoms with Gasteiger partial charge in [0.1, 0.15) is 0 Å². The number of fused-ring (bicyclic) bond motifs is 1. The van der Waals surface area contributed by atoms with Gasteiger partial charge in [-0.2, -0.15) is 10.5 Å². The lowest BCUT2D eigenvalue weighted by Gasteiger charge is -2.28. The molecular weight excluding hydrogens is 220 g/mol. The van der Waals surface area contributed by atoms with E-state index in [0.717, 1.165) is 0 Å². The number of hydrogen-bond acceptors (Lipinski definition) is 5. The lowest BCUT2D eigenvalue weighted by atomic mass is 9.93. The number of hydrogen-bond donors (Lipinski definition) is 2. The van der Waals surface area contributed by atoms with Gasteiger partial charge in [0.05, 0.1) is 12.1 Å². The molecule has 0 bridgehead atoms. The fourth-order valence-corrected chi connectivity index (χ4v) is 3.51. The van der Waals surface area contributed by atoms with Crippen molar-refractivity contribution in [3.63, 3.8) is 0 Å². The van der Waals surface area contributed by atoms with Crippen LogP contribution in [0.25, 0.3) is 0 Å². The molecule has 1 saturated carbocycles. The maximum absolute atomic E-state index is 9.54. The molecule has 6 heteroatoms. The largest absolute Gasteiger partial charge is 0.342 e. The molecule has 3 N–H and O–H groups in total. The molecule has 0 radical (unpaired) electrons. The van der Waals surface area contributed by atoms with Gasteiger partial charge in [-0.15, -0.1) is 0 Å². The van der Waals surface area contributed by atoms with Gasteiger partial charge in [0.2, 0.25) is 0 Å². The van der Waals surface area contributed by atoms with E-state index in [1.807, 2.05) is 13.8 Å². The van der Waals surface area contributed by atoms with Gasteiger partial charge in [-0.05, 0) is 0 Å². The highest BCUT2D eigenvalue weighted by molar-refractivity contribution is 5.94. The number of ether oxygens (including phenoxy) is 2. The first kappa shape index (κ1) is 11.8. The lowest BCUT2D eigenvalue weighted by molar-refractivity contribution is -0.689. The maximum Gasteiger partial charge on any atom is 0.342 e. The van der Waals surface area contributed by atoms with Gasteiger partial charge in [-0.1, -0.05) is 13.8 Å². The van der Waals surface area contributed by atoms with Crippen molar-refractivity contribution < 1.29 is 14.5 Å². The number of nitrogens with zero attached hydrogens (tertiary/aromatic N) is 2. The van der Waals surface area contributed by atoms with E-state index in [1.165, 1.54) is 14.2 Å². The molecule has 1 fully saturated rings. The minimum absolute atomic E-state index is 0.232. The second kappa shape index (κ2) is 2.79. The Morgan fingerprint density at radius 3 is 2.00 bits per heavy atom. The summed E-state index contributed by atoms with van der Waals surface area (Å²) < 4.78 is 10.6. The summed E-state index contributed by atoms with van der Waals surface area (Å²) in [6, 6.07) is 4.35. The predicted molar refractivity (Wildman–Crippen MR) is 56.8 cm³/mol. The van der Waals surface area contributed by atoms with E-state index >= 15 is 0 Å². The first-order valence-electron chi connectivity index (χ1n) is 5.21. The van der Waals surface area contributed by atoms with Crippen LogP contribution < -0.4 is 10.7 Å². The Morgan fingerprint density at radius 2 is 1.71 bits per heavy atom. The molecule has 2 atom stereocenters. The summed E-state index contributed by atoms with van der Waals surface area (Å²) in [7, 11) is 2.84. The van der Waals surface area contributed by atoms with E-state index in [4.69, 9.17) is 15.2 Å². The molecule has 90 valence electrons. The van der Waals surface area contributed by atoms with Gasteiger partial charge >= 0.3 is 5.91 Å². The Bertz CT molecular complexity index is 495. The summed E-state index contributed by atoms with van der Waals surface area (Å²) in [5.74, 6) is -1.14. The Hall–Kier alpha value is -1.63. The van der Waals surface area contributed by atoms with Crippen molar-refractivity contribution in [3.8, 4) is 12.1 Å². The highest BCUT2D eigenvalue weighted by Gasteiger charge is 3.00. The van der Waals surface area contributed by atoms with E-state index in [-0.39, 0.29) is 5.84 Å². The van der Waals surface area contributed by atoms with Crippen LogP contribution in [0.4, 0.5) is 0 Å². The summed E-state index contributed by atoms with van der Waals surface area (Å²) in [6.45, 7) is 3.64. The summed E-state index contributed by atoms with van der Waals surface area (Å²) in [4.78, 5) is 2.81. The molecule has 0 aromatic heterocycles. The minimum atomic E-state index is -1.37. The average molecular weight is 235 g/mol. The van der Waals surface area contributed by atoms with E-state index in [1.54, 1.807) is 0 Å². The van der Waals surface area contributed by atoms with Crippen molar-refractivity contribution in [2.45, 2.75) is 19.8 Å². The third-order valence-corrected chi connectivity index (χ3v) is 4.48. The molecule has 17 heavy (non-hydrogen) atoms. The van der Waals surface area contributed by atoms with Crippen LogP contribution in [0.15, 0.2) is 0 Å². The Kier molecular flexibility index (Phi) is 1.94. The van der Waals surface area contributed by atoms with Gasteiger partial charge in [0.25, 0.3) is 5.84 Å². The molecule has 1 heterocycles. The second-order valence-electron chi connectivity index (χ2n) is 4.91. The van der Waals surface area contributed by atoms with Gasteiger partial charge in [-0.25, -0.2) is 4.99 Å². The van der Waals surface area contributed by atoms with Crippen LogP contribution in [0.5, 0.6) is 0 Å². The molecule has 6 nitrogen and oxygen atoms in total. The number of nitrogens with two attached hydrogens (primary N) is 1. The van der Waals surface area contributed by atoms with E-state index in [0.29, 0.717) is 0 Å². The molecular formula is C11H15N4O2+. The van der Waals surface area contributed by atoms with Crippen LogP contribution in [0, 0.1) is 38.9 Å². The van der Waals surface area contributed by atoms with Gasteiger partial charge in [0, 0.05) is 19.6 Å². The van der Waals surface area contributed by atoms with Crippen molar-refractivity contribution in [1.82, 2.24) is 0 Å². The Morgan fingerprint density at radius 1 is 1.18 bits per heavy atom. The smallest absolute Gasteiger partial charge is 0.317 e. The second-order valence-corrected chi connectivity index (χ2v) is 4.91. The fraction of sp³-hybridized carbons (Fsp3) is 0.727.